The molecule has 3 amide bonds. The van der Waals surface area contributed by atoms with E-state index < -0.39 is 17.6 Å². The number of benzene rings is 2. The maximum atomic E-state index is 13.9. The van der Waals surface area contributed by atoms with E-state index in [1.807, 2.05) is 62.9 Å². The van der Waals surface area contributed by atoms with Crippen LogP contribution < -0.4 is 16.0 Å². The second kappa shape index (κ2) is 18.0. The molecule has 0 spiro atoms. The first-order chi connectivity index (χ1) is 26.8. The number of aryl methyl sites for hydroxylation is 1. The lowest BCUT2D eigenvalue weighted by Crippen LogP contribution is -2.51. The van der Waals surface area contributed by atoms with Crippen LogP contribution in [0.15, 0.2) is 60.8 Å². The number of hydrogen-bond acceptors (Lipinski definition) is 10. The van der Waals surface area contributed by atoms with Crippen molar-refractivity contribution < 1.29 is 23.9 Å². The minimum Gasteiger partial charge on any atom is -0.444 e. The van der Waals surface area contributed by atoms with Crippen molar-refractivity contribution in [1.29, 1.82) is 0 Å². The molecule has 14 heteroatoms. The average Bonchev–Trinajstić information content (AvgIpc) is 3.72. The largest absolute Gasteiger partial charge is 0.444 e. The number of anilines is 1. The van der Waals surface area contributed by atoms with Crippen LogP contribution in [0.5, 0.6) is 0 Å². The number of aromatic nitrogens is 5. The molecule has 296 valence electrons. The van der Waals surface area contributed by atoms with Gasteiger partial charge >= 0.3 is 6.09 Å². The average molecular weight is 764 g/mol. The SMILES string of the molecule is Cc1cc(C(=O)N2CCNC(C)C2)ncc1-c1ccc(C[C@H](CC(=O)C2CCC(CNC(=O)OC(C)(C)C)CC2)C(=O)Nc2ccc(-c3nn[nH]n3)cc2)cc1. The zero-order valence-corrected chi connectivity index (χ0v) is 32.9. The maximum Gasteiger partial charge on any atom is 0.407 e. The van der Waals surface area contributed by atoms with Gasteiger partial charge in [0.1, 0.15) is 17.1 Å². The van der Waals surface area contributed by atoms with Crippen LogP contribution in [0.1, 0.15) is 81.4 Å². The Hall–Kier alpha value is -5.50. The number of pyridine rings is 1. The van der Waals surface area contributed by atoms with Gasteiger partial charge in [0.2, 0.25) is 11.7 Å². The van der Waals surface area contributed by atoms with Crippen molar-refractivity contribution in [1.82, 2.24) is 41.1 Å². The topological polar surface area (TPSA) is 184 Å². The number of tetrazole rings is 1. The van der Waals surface area contributed by atoms with E-state index in [9.17, 15) is 19.2 Å². The number of hydrogen-bond donors (Lipinski definition) is 4. The van der Waals surface area contributed by atoms with Crippen LogP contribution in [-0.2, 0) is 20.7 Å². The first kappa shape index (κ1) is 40.2. The molecule has 1 unspecified atom stereocenters. The molecule has 2 fully saturated rings. The van der Waals surface area contributed by atoms with Gasteiger partial charge in [-0.3, -0.25) is 19.4 Å². The minimum atomic E-state index is -0.599. The van der Waals surface area contributed by atoms with Gasteiger partial charge in [0, 0.05) is 73.5 Å². The predicted octanol–water partition coefficient (Wildman–Crippen LogP) is 5.76. The molecule has 2 aliphatic rings. The van der Waals surface area contributed by atoms with Crippen molar-refractivity contribution >= 4 is 29.4 Å². The molecule has 4 N–H and O–H groups in total. The van der Waals surface area contributed by atoms with Crippen molar-refractivity contribution in [2.45, 2.75) is 84.8 Å². The second-order valence-electron chi connectivity index (χ2n) is 16.2. The second-order valence-corrected chi connectivity index (χ2v) is 16.2. The van der Waals surface area contributed by atoms with Crippen LogP contribution >= 0.6 is 0 Å². The van der Waals surface area contributed by atoms with Gasteiger partial charge < -0.3 is 25.6 Å². The molecule has 0 radical (unpaired) electrons. The molecule has 2 aromatic carbocycles. The number of ketones is 1. The molecule has 2 atom stereocenters. The Morgan fingerprint density at radius 2 is 1.70 bits per heavy atom. The van der Waals surface area contributed by atoms with Gasteiger partial charge in [0.05, 0.1) is 0 Å². The standard InChI is InChI=1S/C42H53N9O5/c1-26-20-36(40(54)51-19-18-43-27(2)25-51)44-24-35(26)30-10-6-28(7-11-30)21-33(39(53)46-34-16-14-32(15-17-34)38-47-49-50-48-38)22-37(52)31-12-8-29(9-13-31)23-45-41(55)56-42(3,4)5/h6-7,10-11,14-17,20,24,27,29,31,33,43H,8-9,12-13,18-19,21-23,25H2,1-5H3,(H,45,55)(H,46,53)(H,47,48,49,50)/t27?,29?,31?,33-/m1/s1. The molecule has 0 bridgehead atoms. The molecule has 6 rings (SSSR count). The number of amides is 3. The molecule has 1 aliphatic heterocycles. The van der Waals surface area contributed by atoms with E-state index in [-0.39, 0.29) is 41.9 Å². The molecule has 56 heavy (non-hydrogen) atoms. The third kappa shape index (κ3) is 10.8. The van der Waals surface area contributed by atoms with Crippen LogP contribution in [0.25, 0.3) is 22.5 Å². The van der Waals surface area contributed by atoms with Gasteiger partial charge in [0.15, 0.2) is 0 Å². The number of carbonyl (C=O) groups excluding carboxylic acids is 4. The molecule has 1 aliphatic carbocycles. The monoisotopic (exact) mass is 763 g/mol. The normalized spacial score (nSPS) is 19.2. The molecule has 3 heterocycles. The molecule has 1 saturated heterocycles. The van der Waals surface area contributed by atoms with Crippen molar-refractivity contribution in [2.75, 3.05) is 31.5 Å². The van der Waals surface area contributed by atoms with Crippen LogP contribution in [0.3, 0.4) is 0 Å². The number of H-pyrrole nitrogens is 1. The van der Waals surface area contributed by atoms with E-state index in [0.717, 1.165) is 47.2 Å². The lowest BCUT2D eigenvalue weighted by atomic mass is 9.77. The Labute approximate surface area is 328 Å². The van der Waals surface area contributed by atoms with Crippen molar-refractivity contribution in [3.63, 3.8) is 0 Å². The van der Waals surface area contributed by atoms with Gasteiger partial charge in [-0.1, -0.05) is 24.3 Å². The summed E-state index contributed by atoms with van der Waals surface area (Å²) in [5, 5.41) is 23.3. The summed E-state index contributed by atoms with van der Waals surface area (Å²) in [7, 11) is 0. The zero-order chi connectivity index (χ0) is 39.8. The summed E-state index contributed by atoms with van der Waals surface area (Å²) in [6.45, 7) is 12.1. The van der Waals surface area contributed by atoms with E-state index in [1.54, 1.807) is 30.5 Å². The first-order valence-corrected chi connectivity index (χ1v) is 19.5. The van der Waals surface area contributed by atoms with Crippen LogP contribution in [0.2, 0.25) is 0 Å². The third-order valence-electron chi connectivity index (χ3n) is 10.5. The highest BCUT2D eigenvalue weighted by Gasteiger charge is 2.31. The molecule has 4 aromatic rings. The van der Waals surface area contributed by atoms with Crippen LogP contribution in [-0.4, -0.2) is 92.0 Å². The van der Waals surface area contributed by atoms with Crippen LogP contribution in [0, 0.1) is 24.7 Å². The Kier molecular flexibility index (Phi) is 12.9. The summed E-state index contributed by atoms with van der Waals surface area (Å²) < 4.78 is 5.37. The fraction of sp³-hybridized carbons (Fsp3) is 0.476. The minimum absolute atomic E-state index is 0.0617. The lowest BCUT2D eigenvalue weighted by molar-refractivity contribution is -0.129. The predicted molar refractivity (Wildman–Crippen MR) is 213 cm³/mol. The first-order valence-electron chi connectivity index (χ1n) is 19.5. The summed E-state index contributed by atoms with van der Waals surface area (Å²) in [6.07, 6.45) is 4.87. The molecular formula is C42H53N9O5. The zero-order valence-electron chi connectivity index (χ0n) is 32.9. The molecule has 14 nitrogen and oxygen atoms in total. The fourth-order valence-corrected chi connectivity index (χ4v) is 7.49. The molecular weight excluding hydrogens is 711 g/mol. The quantitative estimate of drug-likeness (QED) is 0.138. The van der Waals surface area contributed by atoms with Gasteiger partial charge in [-0.2, -0.15) is 5.21 Å². The van der Waals surface area contributed by atoms with Crippen LogP contribution in [0.4, 0.5) is 10.5 Å². The van der Waals surface area contributed by atoms with Crippen molar-refractivity contribution in [3.8, 4) is 22.5 Å². The number of ether oxygens (including phenoxy) is 1. The van der Waals surface area contributed by atoms with Crippen molar-refractivity contribution in [2.24, 2.45) is 17.8 Å². The summed E-state index contributed by atoms with van der Waals surface area (Å²) >= 11 is 0. The number of nitrogens with zero attached hydrogens (tertiary/aromatic N) is 5. The highest BCUT2D eigenvalue weighted by molar-refractivity contribution is 5.96. The Morgan fingerprint density at radius 1 is 0.982 bits per heavy atom. The number of alkyl carbamates (subject to hydrolysis) is 1. The summed E-state index contributed by atoms with van der Waals surface area (Å²) in [4.78, 5) is 59.4. The van der Waals surface area contributed by atoms with E-state index in [1.165, 1.54) is 0 Å². The van der Waals surface area contributed by atoms with Gasteiger partial charge in [-0.05, 0) is 125 Å². The van der Waals surface area contributed by atoms with E-state index in [4.69, 9.17) is 4.74 Å². The Bertz CT molecular complexity index is 1970. The highest BCUT2D eigenvalue weighted by Crippen LogP contribution is 2.32. The van der Waals surface area contributed by atoms with Crippen molar-refractivity contribution in [3.05, 3.63) is 77.6 Å². The number of rotatable bonds is 12. The van der Waals surface area contributed by atoms with Gasteiger partial charge in [-0.25, -0.2) is 4.79 Å². The third-order valence-corrected chi connectivity index (χ3v) is 10.5. The Balaban J connectivity index is 1.11. The van der Waals surface area contributed by atoms with Gasteiger partial charge in [-0.15, -0.1) is 10.2 Å². The summed E-state index contributed by atoms with van der Waals surface area (Å²) in [5.74, 6) is -0.230. The van der Waals surface area contributed by atoms with E-state index >= 15 is 0 Å². The number of Topliss-reactive ketones (excluding diaryl/α,β-unsaturated/α-hetero) is 1. The number of aromatic amines is 1. The maximum absolute atomic E-state index is 13.9. The number of nitrogens with one attached hydrogen (secondary N) is 4. The Morgan fingerprint density at radius 3 is 2.34 bits per heavy atom. The van der Waals surface area contributed by atoms with Gasteiger partial charge in [0.25, 0.3) is 5.91 Å². The molecule has 1 saturated carbocycles. The molecule has 2 aromatic heterocycles. The smallest absolute Gasteiger partial charge is 0.407 e. The fourth-order valence-electron chi connectivity index (χ4n) is 7.49. The number of piperazine rings is 1. The summed E-state index contributed by atoms with van der Waals surface area (Å²) in [5.41, 5.74) is 4.97. The van der Waals surface area contributed by atoms with E-state index in [0.29, 0.717) is 56.1 Å². The van der Waals surface area contributed by atoms with E-state index in [2.05, 4.69) is 48.5 Å². The summed E-state index contributed by atoms with van der Waals surface area (Å²) in [6, 6.07) is 17.2. The highest BCUT2D eigenvalue weighted by atomic mass is 16.6. The number of carbonyl (C=O) groups is 4. The lowest BCUT2D eigenvalue weighted by Gasteiger charge is -2.31.